The van der Waals surface area contributed by atoms with E-state index < -0.39 is 0 Å². The van der Waals surface area contributed by atoms with Crippen LogP contribution in [0.1, 0.15) is 10.4 Å². The van der Waals surface area contributed by atoms with Crippen LogP contribution < -0.4 is 10.3 Å². The third kappa shape index (κ3) is 2.97. The molecule has 1 aromatic carbocycles. The molecule has 0 saturated heterocycles. The number of ether oxygens (including phenoxy) is 1. The molecule has 0 radical (unpaired) electrons. The quantitative estimate of drug-likeness (QED) is 0.743. The Balaban J connectivity index is 1.73. The normalized spacial score (nSPS) is 11.0. The molecule has 21 heavy (non-hydrogen) atoms. The molecule has 2 aromatic heterocycles. The summed E-state index contributed by atoms with van der Waals surface area (Å²) in [6.07, 6.45) is 1.60. The second kappa shape index (κ2) is 5.69. The second-order valence-corrected chi connectivity index (χ2v) is 6.22. The lowest BCUT2D eigenvalue weighted by molar-refractivity contribution is 0.296. The van der Waals surface area contributed by atoms with Crippen LogP contribution in [0, 0.1) is 13.8 Å². The van der Waals surface area contributed by atoms with Crippen molar-refractivity contribution in [2.45, 2.75) is 20.4 Å². The van der Waals surface area contributed by atoms with Gasteiger partial charge in [-0.25, -0.2) is 4.98 Å². The van der Waals surface area contributed by atoms with Gasteiger partial charge < -0.3 is 4.74 Å². The Labute approximate surface area is 126 Å². The number of benzene rings is 1. The molecule has 0 unspecified atom stereocenters. The number of thiophene rings is 1. The van der Waals surface area contributed by atoms with E-state index in [0.717, 1.165) is 21.0 Å². The highest BCUT2D eigenvalue weighted by molar-refractivity contribution is 7.18. The van der Waals surface area contributed by atoms with Gasteiger partial charge in [0.1, 0.15) is 17.2 Å². The number of aromatic nitrogens is 2. The molecule has 0 aliphatic heterocycles. The molecular formula is C16H16N2O2S. The lowest BCUT2D eigenvalue weighted by atomic mass is 10.2. The van der Waals surface area contributed by atoms with Crippen LogP contribution in [0.25, 0.3) is 10.2 Å². The predicted octanol–water partition coefficient (Wildman–Crippen LogP) is 3.15. The highest BCUT2D eigenvalue weighted by Gasteiger charge is 2.07. The first-order chi connectivity index (χ1) is 10.1. The van der Waals surface area contributed by atoms with Crippen LogP contribution in [0.4, 0.5) is 0 Å². The minimum Gasteiger partial charge on any atom is -0.492 e. The highest BCUT2D eigenvalue weighted by atomic mass is 32.1. The van der Waals surface area contributed by atoms with Gasteiger partial charge in [-0.2, -0.15) is 0 Å². The first kappa shape index (κ1) is 13.8. The van der Waals surface area contributed by atoms with Crippen molar-refractivity contribution in [2.75, 3.05) is 6.61 Å². The Morgan fingerprint density at radius 3 is 2.95 bits per heavy atom. The molecule has 108 valence electrons. The van der Waals surface area contributed by atoms with E-state index in [1.807, 2.05) is 44.2 Å². The van der Waals surface area contributed by atoms with Crippen molar-refractivity contribution in [2.24, 2.45) is 0 Å². The molecule has 4 nitrogen and oxygen atoms in total. The molecule has 3 rings (SSSR count). The van der Waals surface area contributed by atoms with Gasteiger partial charge in [0.2, 0.25) is 0 Å². The lowest BCUT2D eigenvalue weighted by Gasteiger charge is -2.08. The first-order valence-corrected chi connectivity index (χ1v) is 7.60. The van der Waals surface area contributed by atoms with E-state index in [0.29, 0.717) is 18.5 Å². The minimum atomic E-state index is -0.00260. The average molecular weight is 300 g/mol. The zero-order valence-electron chi connectivity index (χ0n) is 12.0. The third-order valence-electron chi connectivity index (χ3n) is 3.23. The number of hydrogen-bond acceptors (Lipinski definition) is 4. The molecule has 0 aliphatic rings. The zero-order chi connectivity index (χ0) is 14.8. The Hall–Kier alpha value is -2.14. The van der Waals surface area contributed by atoms with Crippen LogP contribution in [0.3, 0.4) is 0 Å². The molecule has 5 heteroatoms. The maximum absolute atomic E-state index is 12.3. The molecule has 0 N–H and O–H groups in total. The number of rotatable bonds is 4. The van der Waals surface area contributed by atoms with Gasteiger partial charge in [-0.05, 0) is 37.6 Å². The summed E-state index contributed by atoms with van der Waals surface area (Å²) < 4.78 is 7.28. The predicted molar refractivity (Wildman–Crippen MR) is 85.3 cm³/mol. The Bertz CT molecular complexity index is 836. The zero-order valence-corrected chi connectivity index (χ0v) is 12.8. The van der Waals surface area contributed by atoms with E-state index in [9.17, 15) is 4.79 Å². The van der Waals surface area contributed by atoms with Crippen molar-refractivity contribution in [3.05, 3.63) is 57.5 Å². The standard InChI is InChI=1S/C16H16N2O2S/c1-11-4-3-5-13(8-11)20-7-6-18-10-17-15-14(16(18)19)9-12(2)21-15/h3-5,8-10H,6-7H2,1-2H3. The molecular weight excluding hydrogens is 284 g/mol. The summed E-state index contributed by atoms with van der Waals surface area (Å²) >= 11 is 1.54. The van der Waals surface area contributed by atoms with Crippen LogP contribution in [0.15, 0.2) is 41.5 Å². The van der Waals surface area contributed by atoms with Crippen LogP contribution in [0.5, 0.6) is 5.75 Å². The van der Waals surface area contributed by atoms with Gasteiger partial charge >= 0.3 is 0 Å². The van der Waals surface area contributed by atoms with Crippen LogP contribution >= 0.6 is 11.3 Å². The maximum atomic E-state index is 12.3. The van der Waals surface area contributed by atoms with E-state index in [-0.39, 0.29) is 5.56 Å². The summed E-state index contributed by atoms with van der Waals surface area (Å²) in [5, 5.41) is 0.690. The molecule has 3 aromatic rings. The van der Waals surface area contributed by atoms with Crippen molar-refractivity contribution >= 4 is 21.6 Å². The highest BCUT2D eigenvalue weighted by Crippen LogP contribution is 2.19. The van der Waals surface area contributed by atoms with Crippen LogP contribution in [-0.4, -0.2) is 16.2 Å². The smallest absolute Gasteiger partial charge is 0.262 e. The van der Waals surface area contributed by atoms with Crippen LogP contribution in [0.2, 0.25) is 0 Å². The SMILES string of the molecule is Cc1cccc(OCCn2cnc3sc(C)cc3c2=O)c1. The van der Waals surface area contributed by atoms with Crippen LogP contribution in [-0.2, 0) is 6.54 Å². The number of fused-ring (bicyclic) bond motifs is 1. The molecule has 0 aliphatic carbocycles. The summed E-state index contributed by atoms with van der Waals surface area (Å²) in [6, 6.07) is 9.77. The van der Waals surface area contributed by atoms with Crippen molar-refractivity contribution in [1.29, 1.82) is 0 Å². The van der Waals surface area contributed by atoms with E-state index in [2.05, 4.69) is 4.98 Å². The topological polar surface area (TPSA) is 44.1 Å². The number of nitrogens with zero attached hydrogens (tertiary/aromatic N) is 2. The lowest BCUT2D eigenvalue weighted by Crippen LogP contribution is -2.23. The maximum Gasteiger partial charge on any atom is 0.262 e. The Kier molecular flexibility index (Phi) is 3.75. The molecule has 2 heterocycles. The van der Waals surface area contributed by atoms with Gasteiger partial charge in [0.15, 0.2) is 0 Å². The van der Waals surface area contributed by atoms with Gasteiger partial charge in [-0.1, -0.05) is 12.1 Å². The molecule has 0 atom stereocenters. The van der Waals surface area contributed by atoms with Crippen molar-refractivity contribution in [3.63, 3.8) is 0 Å². The van der Waals surface area contributed by atoms with E-state index in [1.165, 1.54) is 0 Å². The molecule has 0 saturated carbocycles. The first-order valence-electron chi connectivity index (χ1n) is 6.78. The summed E-state index contributed by atoms with van der Waals surface area (Å²) in [5.74, 6) is 0.823. The van der Waals surface area contributed by atoms with Gasteiger partial charge in [0.05, 0.1) is 18.3 Å². The summed E-state index contributed by atoms with van der Waals surface area (Å²) in [6.45, 7) is 4.94. The van der Waals surface area contributed by atoms with Gasteiger partial charge in [-0.3, -0.25) is 9.36 Å². The largest absolute Gasteiger partial charge is 0.492 e. The third-order valence-corrected chi connectivity index (χ3v) is 4.19. The molecule has 0 bridgehead atoms. The van der Waals surface area contributed by atoms with Gasteiger partial charge in [-0.15, -0.1) is 11.3 Å². The van der Waals surface area contributed by atoms with Crippen molar-refractivity contribution < 1.29 is 4.74 Å². The fraction of sp³-hybridized carbons (Fsp3) is 0.250. The fourth-order valence-corrected chi connectivity index (χ4v) is 3.04. The average Bonchev–Trinajstić information content (AvgIpc) is 2.83. The van der Waals surface area contributed by atoms with Crippen molar-refractivity contribution in [3.8, 4) is 5.75 Å². The molecule has 0 spiro atoms. The minimum absolute atomic E-state index is 0.00260. The summed E-state index contributed by atoms with van der Waals surface area (Å²) in [7, 11) is 0. The van der Waals surface area contributed by atoms with E-state index in [1.54, 1.807) is 22.2 Å². The molecule has 0 amide bonds. The monoisotopic (exact) mass is 300 g/mol. The summed E-state index contributed by atoms with van der Waals surface area (Å²) in [4.78, 5) is 18.5. The second-order valence-electron chi connectivity index (χ2n) is 4.98. The number of hydrogen-bond donors (Lipinski definition) is 0. The Morgan fingerprint density at radius 1 is 1.29 bits per heavy atom. The van der Waals surface area contributed by atoms with E-state index >= 15 is 0 Å². The molecule has 0 fully saturated rings. The van der Waals surface area contributed by atoms with Gasteiger partial charge in [0.25, 0.3) is 5.56 Å². The van der Waals surface area contributed by atoms with E-state index in [4.69, 9.17) is 4.74 Å². The Morgan fingerprint density at radius 2 is 2.14 bits per heavy atom. The summed E-state index contributed by atoms with van der Waals surface area (Å²) in [5.41, 5.74) is 1.15. The number of aryl methyl sites for hydroxylation is 2. The van der Waals surface area contributed by atoms with Crippen molar-refractivity contribution in [1.82, 2.24) is 9.55 Å². The van der Waals surface area contributed by atoms with Gasteiger partial charge in [0, 0.05) is 4.88 Å². The fourth-order valence-electron chi connectivity index (χ4n) is 2.21.